The molecule has 0 atom stereocenters. The number of halogens is 8. The van der Waals surface area contributed by atoms with Crippen molar-refractivity contribution in [3.05, 3.63) is 86.9 Å². The Labute approximate surface area is 212 Å². The second kappa shape index (κ2) is 9.78. The van der Waals surface area contributed by atoms with Crippen molar-refractivity contribution in [2.45, 2.75) is 45.0 Å². The van der Waals surface area contributed by atoms with Crippen LogP contribution in [0, 0.1) is 24.1 Å². The van der Waals surface area contributed by atoms with Gasteiger partial charge in [-0.3, -0.25) is 4.79 Å². The number of ketones is 1. The van der Waals surface area contributed by atoms with Crippen LogP contribution in [0.2, 0.25) is 5.15 Å². The molecule has 0 aliphatic rings. The van der Waals surface area contributed by atoms with Gasteiger partial charge in [-0.05, 0) is 79.4 Å². The fraction of sp³-hybridized carbons (Fsp3) is 0.269. The van der Waals surface area contributed by atoms with Crippen molar-refractivity contribution in [1.82, 2.24) is 4.98 Å². The summed E-state index contributed by atoms with van der Waals surface area (Å²) in [5.74, 6) is -1.31. The van der Waals surface area contributed by atoms with Gasteiger partial charge >= 0.3 is 12.4 Å². The quantitative estimate of drug-likeness (QED) is 0.244. The zero-order chi connectivity index (χ0) is 27.9. The molecule has 0 fully saturated rings. The van der Waals surface area contributed by atoms with Crippen molar-refractivity contribution in [2.75, 3.05) is 0 Å². The lowest BCUT2D eigenvalue weighted by Gasteiger charge is -2.27. The number of hydrogen-bond acceptors (Lipinski definition) is 3. The molecule has 0 aliphatic heterocycles. The van der Waals surface area contributed by atoms with Crippen molar-refractivity contribution >= 4 is 17.4 Å². The Morgan fingerprint density at radius 1 is 0.919 bits per heavy atom. The summed E-state index contributed by atoms with van der Waals surface area (Å²) < 4.78 is 93.9. The van der Waals surface area contributed by atoms with Crippen LogP contribution < -0.4 is 0 Å². The lowest BCUT2D eigenvalue weighted by Crippen LogP contribution is -2.32. The fourth-order valence-electron chi connectivity index (χ4n) is 3.84. The van der Waals surface area contributed by atoms with E-state index < -0.39 is 52.5 Å². The van der Waals surface area contributed by atoms with Crippen LogP contribution in [0.1, 0.15) is 47.4 Å². The van der Waals surface area contributed by atoms with Gasteiger partial charge in [-0.25, -0.2) is 9.37 Å². The number of rotatable bonds is 5. The lowest BCUT2D eigenvalue weighted by molar-refractivity contribution is -0.143. The summed E-state index contributed by atoms with van der Waals surface area (Å²) in [5.41, 5.74) is -4.51. The van der Waals surface area contributed by atoms with Gasteiger partial charge in [0.15, 0.2) is 0 Å². The van der Waals surface area contributed by atoms with Gasteiger partial charge in [-0.1, -0.05) is 17.7 Å². The number of nitriles is 1. The Hall–Kier alpha value is -3.45. The summed E-state index contributed by atoms with van der Waals surface area (Å²) in [6, 6.07) is 7.92. The maximum atomic E-state index is 13.7. The Kier molecular flexibility index (Phi) is 7.44. The van der Waals surface area contributed by atoms with E-state index in [0.717, 1.165) is 6.07 Å². The van der Waals surface area contributed by atoms with E-state index in [4.69, 9.17) is 11.6 Å². The molecule has 1 aromatic heterocycles. The Morgan fingerprint density at radius 3 is 1.95 bits per heavy atom. The third kappa shape index (κ3) is 5.93. The highest BCUT2D eigenvalue weighted by Gasteiger charge is 2.40. The molecule has 3 nitrogen and oxygen atoms in total. The molecule has 0 radical (unpaired) electrons. The summed E-state index contributed by atoms with van der Waals surface area (Å²) >= 11 is 6.04. The molecule has 0 saturated heterocycles. The standard InChI is InChI=1S/C26H18ClF7N2O/c1-13-6-17(28)4-5-18(13)19-11-23(27)36-21(12-35)20(19)10-22(37)24(2,3)14-7-15(25(29,30)31)9-16(8-14)26(32,33)34/h4-9,11H,10H2,1-3H3. The van der Waals surface area contributed by atoms with Crippen LogP contribution in [-0.4, -0.2) is 10.8 Å². The third-order valence-corrected chi connectivity index (χ3v) is 6.21. The number of nitrogens with zero attached hydrogens (tertiary/aromatic N) is 2. The van der Waals surface area contributed by atoms with E-state index in [2.05, 4.69) is 4.98 Å². The molecule has 11 heteroatoms. The minimum atomic E-state index is -5.09. The van der Waals surface area contributed by atoms with Crippen molar-refractivity contribution in [1.29, 1.82) is 5.26 Å². The molecule has 0 unspecified atom stereocenters. The van der Waals surface area contributed by atoms with E-state index in [0.29, 0.717) is 23.3 Å². The molecular formula is C26H18ClF7N2O. The Balaban J connectivity index is 2.16. The average molecular weight is 543 g/mol. The van der Waals surface area contributed by atoms with Gasteiger partial charge in [0.2, 0.25) is 0 Å². The van der Waals surface area contributed by atoms with Crippen LogP contribution in [0.5, 0.6) is 0 Å². The highest BCUT2D eigenvalue weighted by Crippen LogP contribution is 2.40. The molecule has 2 aromatic carbocycles. The number of pyridine rings is 1. The first-order valence-corrected chi connectivity index (χ1v) is 11.0. The van der Waals surface area contributed by atoms with Crippen LogP contribution in [-0.2, 0) is 29.0 Å². The number of carbonyl (C=O) groups is 1. The van der Waals surface area contributed by atoms with Gasteiger partial charge in [0, 0.05) is 17.4 Å². The summed E-state index contributed by atoms with van der Waals surface area (Å²) in [6.07, 6.45) is -10.7. The fourth-order valence-corrected chi connectivity index (χ4v) is 4.03. The predicted molar refractivity (Wildman–Crippen MR) is 122 cm³/mol. The summed E-state index contributed by atoms with van der Waals surface area (Å²) in [4.78, 5) is 17.3. The Morgan fingerprint density at radius 2 is 1.46 bits per heavy atom. The van der Waals surface area contributed by atoms with Gasteiger partial charge in [0.05, 0.1) is 11.1 Å². The van der Waals surface area contributed by atoms with Crippen molar-refractivity contribution < 1.29 is 35.5 Å². The average Bonchev–Trinajstić information content (AvgIpc) is 2.78. The van der Waals surface area contributed by atoms with Gasteiger partial charge < -0.3 is 0 Å². The van der Waals surface area contributed by atoms with E-state index in [-0.39, 0.29) is 28.0 Å². The molecule has 3 aromatic rings. The first-order valence-electron chi connectivity index (χ1n) is 10.6. The SMILES string of the molecule is Cc1cc(F)ccc1-c1cc(Cl)nc(C#N)c1CC(=O)C(C)(C)c1cc(C(F)(F)F)cc(C(F)(F)F)c1. The van der Waals surface area contributed by atoms with Crippen molar-refractivity contribution in [3.8, 4) is 17.2 Å². The number of hydrogen-bond donors (Lipinski definition) is 0. The van der Waals surface area contributed by atoms with Crippen LogP contribution in [0.3, 0.4) is 0 Å². The summed E-state index contributed by atoms with van der Waals surface area (Å²) in [6.45, 7) is 3.97. The van der Waals surface area contributed by atoms with Gasteiger partial charge in [0.25, 0.3) is 0 Å². The van der Waals surface area contributed by atoms with Gasteiger partial charge in [-0.2, -0.15) is 31.6 Å². The molecule has 0 amide bonds. The molecule has 0 aliphatic carbocycles. The maximum absolute atomic E-state index is 13.7. The number of aromatic nitrogens is 1. The van der Waals surface area contributed by atoms with Gasteiger partial charge in [0.1, 0.15) is 28.5 Å². The molecule has 194 valence electrons. The molecule has 3 rings (SSSR count). The maximum Gasteiger partial charge on any atom is 0.416 e. The minimum absolute atomic E-state index is 0.0175. The number of aryl methyl sites for hydroxylation is 1. The Bertz CT molecular complexity index is 1390. The predicted octanol–water partition coefficient (Wildman–Crippen LogP) is 7.85. The van der Waals surface area contributed by atoms with Crippen LogP contribution in [0.25, 0.3) is 11.1 Å². The molecule has 0 N–H and O–H groups in total. The van der Waals surface area contributed by atoms with E-state index in [1.54, 1.807) is 6.92 Å². The minimum Gasteiger partial charge on any atom is -0.298 e. The monoisotopic (exact) mass is 542 g/mol. The first-order chi connectivity index (χ1) is 16.9. The molecule has 0 saturated carbocycles. The molecule has 1 heterocycles. The van der Waals surface area contributed by atoms with Crippen LogP contribution in [0.15, 0.2) is 42.5 Å². The van der Waals surface area contributed by atoms with Crippen molar-refractivity contribution in [3.63, 3.8) is 0 Å². The van der Waals surface area contributed by atoms with Gasteiger partial charge in [-0.15, -0.1) is 0 Å². The highest BCUT2D eigenvalue weighted by atomic mass is 35.5. The van der Waals surface area contributed by atoms with E-state index in [9.17, 15) is 40.8 Å². The molecule has 37 heavy (non-hydrogen) atoms. The number of carbonyl (C=O) groups excluding carboxylic acids is 1. The second-order valence-corrected chi connectivity index (χ2v) is 9.30. The smallest absolute Gasteiger partial charge is 0.298 e. The number of Topliss-reactive ketones (excluding diaryl/α,β-unsaturated/α-hetero) is 1. The zero-order valence-electron chi connectivity index (χ0n) is 19.6. The normalized spacial score (nSPS) is 12.4. The summed E-state index contributed by atoms with van der Waals surface area (Å²) in [5, 5.41) is 9.52. The van der Waals surface area contributed by atoms with Crippen LogP contribution >= 0.6 is 11.6 Å². The van der Waals surface area contributed by atoms with Crippen molar-refractivity contribution in [2.24, 2.45) is 0 Å². The second-order valence-electron chi connectivity index (χ2n) is 8.91. The summed E-state index contributed by atoms with van der Waals surface area (Å²) in [7, 11) is 0. The third-order valence-electron chi connectivity index (χ3n) is 6.02. The largest absolute Gasteiger partial charge is 0.416 e. The van der Waals surface area contributed by atoms with E-state index in [1.807, 2.05) is 6.07 Å². The lowest BCUT2D eigenvalue weighted by atomic mass is 9.76. The molecule has 0 spiro atoms. The van der Waals surface area contributed by atoms with E-state index >= 15 is 0 Å². The molecular weight excluding hydrogens is 525 g/mol. The number of alkyl halides is 6. The van der Waals surface area contributed by atoms with E-state index in [1.165, 1.54) is 32.0 Å². The number of benzene rings is 2. The first kappa shape index (κ1) is 28.1. The van der Waals surface area contributed by atoms with Crippen LogP contribution in [0.4, 0.5) is 30.7 Å². The highest BCUT2D eigenvalue weighted by molar-refractivity contribution is 6.29. The topological polar surface area (TPSA) is 53.8 Å². The zero-order valence-corrected chi connectivity index (χ0v) is 20.3. The molecule has 0 bridgehead atoms.